The number of amides is 1. The van der Waals surface area contributed by atoms with E-state index in [2.05, 4.69) is 5.32 Å². The number of rotatable bonds is 3. The lowest BCUT2D eigenvalue weighted by Gasteiger charge is -2.06. The number of nitro benzene ring substituents is 1. The van der Waals surface area contributed by atoms with E-state index in [-0.39, 0.29) is 16.3 Å². The van der Waals surface area contributed by atoms with Gasteiger partial charge in [-0.05, 0) is 30.7 Å². The maximum absolute atomic E-state index is 13.9. The van der Waals surface area contributed by atoms with Gasteiger partial charge in [-0.1, -0.05) is 6.07 Å². The quantitative estimate of drug-likeness (QED) is 0.553. The zero-order valence-corrected chi connectivity index (χ0v) is 13.1. The highest BCUT2D eigenvalue weighted by atomic mass is 32.1. The van der Waals surface area contributed by atoms with Crippen molar-refractivity contribution in [3.8, 4) is 0 Å². The number of carbonyl (C=O) groups is 1. The van der Waals surface area contributed by atoms with E-state index in [1.807, 2.05) is 0 Å². The Kier molecular flexibility index (Phi) is 3.98. The van der Waals surface area contributed by atoms with E-state index in [1.165, 1.54) is 12.1 Å². The molecule has 0 saturated heterocycles. The second-order valence-corrected chi connectivity index (χ2v) is 6.10. The number of anilines is 1. The second kappa shape index (κ2) is 5.97. The summed E-state index contributed by atoms with van der Waals surface area (Å²) in [4.78, 5) is 22.7. The van der Waals surface area contributed by atoms with Crippen LogP contribution in [0.5, 0.6) is 0 Å². The lowest BCUT2D eigenvalue weighted by atomic mass is 10.1. The first-order valence-electron chi connectivity index (χ1n) is 6.81. The fourth-order valence-corrected chi connectivity index (χ4v) is 3.49. The van der Waals surface area contributed by atoms with Gasteiger partial charge in [0.1, 0.15) is 11.6 Å². The lowest BCUT2D eigenvalue weighted by Crippen LogP contribution is -2.12. The van der Waals surface area contributed by atoms with Gasteiger partial charge in [0.25, 0.3) is 11.6 Å². The number of nitrogens with zero attached hydrogens (tertiary/aromatic N) is 1. The molecule has 3 aromatic rings. The molecule has 0 bridgehead atoms. The van der Waals surface area contributed by atoms with E-state index in [4.69, 9.17) is 0 Å². The maximum Gasteiger partial charge on any atom is 0.271 e. The minimum Gasteiger partial charge on any atom is -0.319 e. The number of nitro groups is 1. The topological polar surface area (TPSA) is 72.2 Å². The average molecular weight is 348 g/mol. The van der Waals surface area contributed by atoms with Crippen LogP contribution in [0.15, 0.2) is 36.4 Å². The summed E-state index contributed by atoms with van der Waals surface area (Å²) in [5.41, 5.74) is -0.200. The van der Waals surface area contributed by atoms with E-state index in [0.29, 0.717) is 15.6 Å². The molecule has 1 aromatic heterocycles. The predicted molar refractivity (Wildman–Crippen MR) is 87.5 cm³/mol. The van der Waals surface area contributed by atoms with Gasteiger partial charge in [-0.3, -0.25) is 14.9 Å². The molecule has 0 unspecified atom stereocenters. The van der Waals surface area contributed by atoms with Gasteiger partial charge < -0.3 is 5.32 Å². The van der Waals surface area contributed by atoms with E-state index >= 15 is 0 Å². The van der Waals surface area contributed by atoms with Crippen molar-refractivity contribution < 1.29 is 18.5 Å². The third kappa shape index (κ3) is 2.71. The number of carbonyl (C=O) groups excluding carboxylic acids is 1. The van der Waals surface area contributed by atoms with Gasteiger partial charge in [-0.15, -0.1) is 11.3 Å². The summed E-state index contributed by atoms with van der Waals surface area (Å²) in [7, 11) is 0. The Hall–Kier alpha value is -2.87. The van der Waals surface area contributed by atoms with Gasteiger partial charge in [0, 0.05) is 22.2 Å². The van der Waals surface area contributed by atoms with Crippen molar-refractivity contribution >= 4 is 38.7 Å². The van der Waals surface area contributed by atoms with Gasteiger partial charge >= 0.3 is 0 Å². The number of aryl methyl sites for hydroxylation is 1. The molecule has 5 nitrogen and oxygen atoms in total. The van der Waals surface area contributed by atoms with Crippen LogP contribution in [0, 0.1) is 28.7 Å². The molecule has 1 heterocycles. The number of nitrogens with one attached hydrogen (secondary N) is 1. The Morgan fingerprint density at radius 2 is 1.96 bits per heavy atom. The highest BCUT2D eigenvalue weighted by molar-refractivity contribution is 7.21. The van der Waals surface area contributed by atoms with E-state index in [9.17, 15) is 23.7 Å². The molecule has 1 N–H and O–H groups in total. The SMILES string of the molecule is Cc1c(C(=O)Nc2cc([N+](=O)[O-])ccc2F)sc2cccc(F)c12. The van der Waals surface area contributed by atoms with Gasteiger partial charge in [-0.2, -0.15) is 0 Å². The van der Waals surface area contributed by atoms with Crippen molar-refractivity contribution in [2.75, 3.05) is 5.32 Å². The zero-order chi connectivity index (χ0) is 17.4. The molecule has 24 heavy (non-hydrogen) atoms. The molecule has 2 aromatic carbocycles. The highest BCUT2D eigenvalue weighted by Gasteiger charge is 2.20. The van der Waals surface area contributed by atoms with Crippen LogP contribution in [0.25, 0.3) is 10.1 Å². The van der Waals surface area contributed by atoms with Crippen LogP contribution >= 0.6 is 11.3 Å². The van der Waals surface area contributed by atoms with Crippen LogP contribution in [0.1, 0.15) is 15.2 Å². The summed E-state index contributed by atoms with van der Waals surface area (Å²) in [5, 5.41) is 13.4. The molecule has 0 aliphatic carbocycles. The molecule has 0 fully saturated rings. The number of non-ortho nitro benzene ring substituents is 1. The third-order valence-electron chi connectivity index (χ3n) is 3.52. The Morgan fingerprint density at radius 3 is 2.62 bits per heavy atom. The number of benzene rings is 2. The van der Waals surface area contributed by atoms with Crippen molar-refractivity contribution in [2.45, 2.75) is 6.92 Å². The molecule has 8 heteroatoms. The Morgan fingerprint density at radius 1 is 1.21 bits per heavy atom. The van der Waals surface area contributed by atoms with Crippen molar-refractivity contribution in [3.05, 3.63) is 68.6 Å². The fourth-order valence-electron chi connectivity index (χ4n) is 2.37. The maximum atomic E-state index is 13.9. The summed E-state index contributed by atoms with van der Waals surface area (Å²) in [6.45, 7) is 1.60. The largest absolute Gasteiger partial charge is 0.319 e. The second-order valence-electron chi connectivity index (χ2n) is 5.04. The van der Waals surface area contributed by atoms with E-state index < -0.39 is 22.5 Å². The van der Waals surface area contributed by atoms with Gasteiger partial charge in [-0.25, -0.2) is 8.78 Å². The highest BCUT2D eigenvalue weighted by Crippen LogP contribution is 2.33. The number of halogens is 2. The van der Waals surface area contributed by atoms with Crippen molar-refractivity contribution in [1.82, 2.24) is 0 Å². The molecule has 0 aliphatic heterocycles. The summed E-state index contributed by atoms with van der Waals surface area (Å²) < 4.78 is 28.3. The Balaban J connectivity index is 1.99. The van der Waals surface area contributed by atoms with Crippen molar-refractivity contribution in [3.63, 3.8) is 0 Å². The first-order chi connectivity index (χ1) is 11.4. The molecular formula is C16H10F2N2O3S. The summed E-state index contributed by atoms with van der Waals surface area (Å²) in [6, 6.07) is 7.37. The van der Waals surface area contributed by atoms with Gasteiger partial charge in [0.15, 0.2) is 0 Å². The van der Waals surface area contributed by atoms with Crippen LogP contribution in [-0.4, -0.2) is 10.8 Å². The number of thiophene rings is 1. The molecule has 0 spiro atoms. The normalized spacial score (nSPS) is 10.8. The van der Waals surface area contributed by atoms with Crippen LogP contribution in [0.2, 0.25) is 0 Å². The fraction of sp³-hybridized carbons (Fsp3) is 0.0625. The van der Waals surface area contributed by atoms with Crippen LogP contribution in [0.4, 0.5) is 20.2 Å². The summed E-state index contributed by atoms with van der Waals surface area (Å²) in [6.07, 6.45) is 0. The molecule has 0 radical (unpaired) electrons. The number of fused-ring (bicyclic) bond motifs is 1. The molecule has 0 saturated carbocycles. The third-order valence-corrected chi connectivity index (χ3v) is 4.77. The molecule has 0 aliphatic rings. The van der Waals surface area contributed by atoms with E-state index in [0.717, 1.165) is 29.5 Å². The lowest BCUT2D eigenvalue weighted by molar-refractivity contribution is -0.384. The van der Waals surface area contributed by atoms with Crippen molar-refractivity contribution in [1.29, 1.82) is 0 Å². The molecule has 1 amide bonds. The first kappa shape index (κ1) is 16.0. The monoisotopic (exact) mass is 348 g/mol. The molecule has 3 rings (SSSR count). The first-order valence-corrected chi connectivity index (χ1v) is 7.63. The van der Waals surface area contributed by atoms with Crippen LogP contribution in [-0.2, 0) is 0 Å². The smallest absolute Gasteiger partial charge is 0.271 e. The molecular weight excluding hydrogens is 338 g/mol. The molecule has 0 atom stereocenters. The van der Waals surface area contributed by atoms with Crippen molar-refractivity contribution in [2.24, 2.45) is 0 Å². The van der Waals surface area contributed by atoms with Gasteiger partial charge in [0.2, 0.25) is 0 Å². The average Bonchev–Trinajstić information content (AvgIpc) is 2.87. The summed E-state index contributed by atoms with van der Waals surface area (Å²) in [5.74, 6) is -1.88. The minimum atomic E-state index is -0.793. The zero-order valence-electron chi connectivity index (χ0n) is 12.3. The van der Waals surface area contributed by atoms with Crippen LogP contribution < -0.4 is 5.32 Å². The van der Waals surface area contributed by atoms with Crippen LogP contribution in [0.3, 0.4) is 0 Å². The number of hydrogen-bond acceptors (Lipinski definition) is 4. The number of hydrogen-bond donors (Lipinski definition) is 1. The predicted octanol–water partition coefficient (Wildman–Crippen LogP) is 4.65. The van der Waals surface area contributed by atoms with E-state index in [1.54, 1.807) is 13.0 Å². The molecule has 122 valence electrons. The summed E-state index contributed by atoms with van der Waals surface area (Å²) >= 11 is 1.07. The minimum absolute atomic E-state index is 0.223. The Bertz CT molecular complexity index is 985. The standard InChI is InChI=1S/C16H10F2N2O3S/c1-8-14-11(18)3-2-4-13(14)24-15(8)16(21)19-12-7-9(20(22)23)5-6-10(12)17/h2-7H,1H3,(H,19,21). The van der Waals surface area contributed by atoms with Gasteiger partial charge in [0.05, 0.1) is 15.5 Å². The Labute approximate surface area is 138 Å².